The summed E-state index contributed by atoms with van der Waals surface area (Å²) in [7, 11) is -5.55. The third kappa shape index (κ3) is 6.87. The van der Waals surface area contributed by atoms with E-state index in [1.165, 1.54) is 85.1 Å². The van der Waals surface area contributed by atoms with Gasteiger partial charge in [-0.25, -0.2) is 0 Å². The highest BCUT2D eigenvalue weighted by Gasteiger charge is 2.43. The molecule has 0 aliphatic carbocycles. The van der Waals surface area contributed by atoms with Crippen LogP contribution < -0.4 is 41.5 Å². The molecule has 13 aromatic rings. The molecule has 71 heavy (non-hydrogen) atoms. The largest absolute Gasteiger partial charge is 0.309 e. The molecule has 2 nitrogen and oxygen atoms in total. The van der Waals surface area contributed by atoms with Crippen LogP contribution >= 0.6 is 15.9 Å². The van der Waals surface area contributed by atoms with Crippen molar-refractivity contribution in [2.24, 2.45) is 0 Å². The predicted octanol–water partition coefficient (Wildman–Crippen LogP) is 11.4. The topological polar surface area (TPSA) is 9.86 Å². The molecule has 2 aromatic heterocycles. The summed E-state index contributed by atoms with van der Waals surface area (Å²) in [5.41, 5.74) is 6.88. The minimum Gasteiger partial charge on any atom is -0.309 e. The Hall–Kier alpha value is -8.07. The molecule has 336 valence electrons. The Morgan fingerprint density at radius 2 is 0.493 bits per heavy atom. The van der Waals surface area contributed by atoms with Crippen molar-refractivity contribution in [2.75, 3.05) is 0 Å². The summed E-state index contributed by atoms with van der Waals surface area (Å²) >= 11 is 4.06. The molecule has 0 N–H and O–H groups in total. The molecule has 0 radical (unpaired) electrons. The van der Waals surface area contributed by atoms with Gasteiger partial charge < -0.3 is 9.13 Å². The van der Waals surface area contributed by atoms with E-state index in [-0.39, 0.29) is 0 Å². The van der Waals surface area contributed by atoms with E-state index in [1.807, 2.05) is 0 Å². The molecule has 0 saturated heterocycles. The summed E-state index contributed by atoms with van der Waals surface area (Å²) in [6.45, 7) is 0. The highest BCUT2D eigenvalue weighted by molar-refractivity contribution is 9.10. The maximum Gasteiger partial charge on any atom is 0.179 e. The second-order valence-corrected chi connectivity index (χ2v) is 27.1. The molecular formula is C66H47BrN2Si2. The van der Waals surface area contributed by atoms with Crippen LogP contribution in [-0.4, -0.2) is 25.3 Å². The molecule has 0 atom stereocenters. The van der Waals surface area contributed by atoms with Gasteiger partial charge in [0.05, 0.1) is 22.1 Å². The van der Waals surface area contributed by atoms with Crippen LogP contribution in [-0.2, 0) is 0 Å². The van der Waals surface area contributed by atoms with Crippen LogP contribution in [0.3, 0.4) is 0 Å². The summed E-state index contributed by atoms with van der Waals surface area (Å²) in [5, 5.41) is 15.8. The summed E-state index contributed by atoms with van der Waals surface area (Å²) in [4.78, 5) is 0. The highest BCUT2D eigenvalue weighted by Crippen LogP contribution is 2.37. The van der Waals surface area contributed by atoms with Gasteiger partial charge in [0.2, 0.25) is 0 Å². The van der Waals surface area contributed by atoms with E-state index in [2.05, 4.69) is 310 Å². The average Bonchev–Trinajstić information content (AvgIpc) is 3.96. The first kappa shape index (κ1) is 43.0. The first-order valence-electron chi connectivity index (χ1n) is 24.4. The average molecular weight is 1000 g/mol. The molecular weight excluding hydrogens is 957 g/mol. The van der Waals surface area contributed by atoms with Crippen molar-refractivity contribution in [3.05, 3.63) is 290 Å². The standard InChI is InChI=1S/C66H47BrN2Si2/c67-48-43-49(68-63-37-21-19-35-59(63)61-46-57(39-41-65(61)68)70(51-23-7-1-8-24-51,52-25-9-2-10-26-52)53-27-11-3-12-28-53)45-50(44-48)69-64-38-22-20-36-60(64)62-47-58(40-42-66(62)69)71(54-29-13-4-14-30-54,55-31-15-5-16-32-55)56-33-17-6-18-34-56/h1-47H. The molecule has 0 spiro atoms. The van der Waals surface area contributed by atoms with Crippen LogP contribution in [0, 0.1) is 0 Å². The molecule has 11 aromatic carbocycles. The Bertz CT molecular complexity index is 3590. The van der Waals surface area contributed by atoms with Crippen molar-refractivity contribution in [1.82, 2.24) is 9.13 Å². The summed E-state index contributed by atoms with van der Waals surface area (Å²) in [6, 6.07) is 107. The zero-order valence-corrected chi connectivity index (χ0v) is 42.5. The van der Waals surface area contributed by atoms with E-state index < -0.39 is 16.1 Å². The number of halogens is 1. The van der Waals surface area contributed by atoms with Crippen LogP contribution in [0.4, 0.5) is 0 Å². The maximum absolute atomic E-state index is 4.06. The number of nitrogens with zero attached hydrogens (tertiary/aromatic N) is 2. The number of fused-ring (bicyclic) bond motifs is 6. The van der Waals surface area contributed by atoms with Crippen LogP contribution in [0.2, 0.25) is 0 Å². The number of aromatic nitrogens is 2. The van der Waals surface area contributed by atoms with E-state index in [1.54, 1.807) is 0 Å². The lowest BCUT2D eigenvalue weighted by atomic mass is 10.1. The van der Waals surface area contributed by atoms with Crippen molar-refractivity contribution in [1.29, 1.82) is 0 Å². The second kappa shape index (κ2) is 17.7. The number of hydrogen-bond acceptors (Lipinski definition) is 0. The molecule has 0 saturated carbocycles. The van der Waals surface area contributed by atoms with Gasteiger partial charge in [-0.05, 0) is 84.0 Å². The van der Waals surface area contributed by atoms with Crippen molar-refractivity contribution in [3.63, 3.8) is 0 Å². The quantitative estimate of drug-likeness (QED) is 0.0954. The number of benzene rings is 11. The van der Waals surface area contributed by atoms with Gasteiger partial charge >= 0.3 is 0 Å². The zero-order chi connectivity index (χ0) is 47.4. The monoisotopic (exact) mass is 1000 g/mol. The van der Waals surface area contributed by atoms with Crippen LogP contribution in [0.15, 0.2) is 290 Å². The Kier molecular flexibility index (Phi) is 10.7. The van der Waals surface area contributed by atoms with Crippen molar-refractivity contribution in [3.8, 4) is 11.4 Å². The maximum atomic E-state index is 4.06. The van der Waals surface area contributed by atoms with Gasteiger partial charge in [-0.15, -0.1) is 0 Å². The summed E-state index contributed by atoms with van der Waals surface area (Å²) in [5.74, 6) is 0. The molecule has 0 aliphatic rings. The molecule has 0 fully saturated rings. The fourth-order valence-electron chi connectivity index (χ4n) is 11.9. The van der Waals surface area contributed by atoms with E-state index in [0.717, 1.165) is 15.8 Å². The minimum absolute atomic E-state index is 1.02. The third-order valence-corrected chi connectivity index (χ3v) is 24.8. The summed E-state index contributed by atoms with van der Waals surface area (Å²) in [6.07, 6.45) is 0. The number of rotatable bonds is 10. The molecule has 13 rings (SSSR count). The second-order valence-electron chi connectivity index (χ2n) is 18.5. The van der Waals surface area contributed by atoms with Gasteiger partial charge in [0.25, 0.3) is 0 Å². The van der Waals surface area contributed by atoms with Gasteiger partial charge in [-0.3, -0.25) is 0 Å². The molecule has 0 aliphatic heterocycles. The molecule has 2 heterocycles. The van der Waals surface area contributed by atoms with Gasteiger partial charge in [0, 0.05) is 37.4 Å². The molecule has 5 heteroatoms. The SMILES string of the molecule is Brc1cc(-n2c3ccccc3c3cc([Si](c4ccccc4)(c4ccccc4)c4ccccc4)ccc32)cc(-n2c3ccccc3c3cc([Si](c4ccccc4)(c4ccccc4)c4ccccc4)ccc32)c1. The van der Waals surface area contributed by atoms with E-state index in [9.17, 15) is 0 Å². The lowest BCUT2D eigenvalue weighted by Gasteiger charge is -2.34. The molecule has 0 amide bonds. The first-order chi connectivity index (χ1) is 35.1. The Morgan fingerprint density at radius 1 is 0.225 bits per heavy atom. The van der Waals surface area contributed by atoms with Crippen molar-refractivity contribution >= 4 is 117 Å². The number of para-hydroxylation sites is 2. The lowest BCUT2D eigenvalue weighted by Crippen LogP contribution is -2.74. The van der Waals surface area contributed by atoms with Crippen molar-refractivity contribution in [2.45, 2.75) is 0 Å². The lowest BCUT2D eigenvalue weighted by molar-refractivity contribution is 1.13. The van der Waals surface area contributed by atoms with Gasteiger partial charge in [0.1, 0.15) is 0 Å². The van der Waals surface area contributed by atoms with Gasteiger partial charge in [-0.2, -0.15) is 0 Å². The normalized spacial score (nSPS) is 12.0. The smallest absolute Gasteiger partial charge is 0.179 e. The molecule has 0 bridgehead atoms. The van der Waals surface area contributed by atoms with E-state index in [4.69, 9.17) is 0 Å². The van der Waals surface area contributed by atoms with E-state index in [0.29, 0.717) is 0 Å². The van der Waals surface area contributed by atoms with Gasteiger partial charge in [-0.1, -0.05) is 259 Å². The zero-order valence-electron chi connectivity index (χ0n) is 38.9. The van der Waals surface area contributed by atoms with E-state index >= 15 is 0 Å². The fraction of sp³-hybridized carbons (Fsp3) is 0. The van der Waals surface area contributed by atoms with Crippen LogP contribution in [0.5, 0.6) is 0 Å². The highest BCUT2D eigenvalue weighted by atomic mass is 79.9. The summed E-state index contributed by atoms with van der Waals surface area (Å²) < 4.78 is 5.94. The van der Waals surface area contributed by atoms with Crippen LogP contribution in [0.1, 0.15) is 0 Å². The third-order valence-electron chi connectivity index (χ3n) is 14.8. The Morgan fingerprint density at radius 3 is 0.803 bits per heavy atom. The predicted molar refractivity (Wildman–Crippen MR) is 310 cm³/mol. The molecule has 0 unspecified atom stereocenters. The van der Waals surface area contributed by atoms with Gasteiger partial charge in [0.15, 0.2) is 16.1 Å². The minimum atomic E-state index is -2.77. The van der Waals surface area contributed by atoms with Crippen molar-refractivity contribution < 1.29 is 0 Å². The Balaban J connectivity index is 1.02. The number of hydrogen-bond donors (Lipinski definition) is 0. The van der Waals surface area contributed by atoms with Crippen LogP contribution in [0.25, 0.3) is 55.0 Å². The fourth-order valence-corrected chi connectivity index (χ4v) is 21.9. The first-order valence-corrected chi connectivity index (χ1v) is 29.2. The Labute approximate surface area is 424 Å².